The van der Waals surface area contributed by atoms with E-state index in [4.69, 9.17) is 0 Å². The highest BCUT2D eigenvalue weighted by atomic mass is 32.2. The van der Waals surface area contributed by atoms with Crippen LogP contribution in [0.25, 0.3) is 77.2 Å². The molecule has 240 valence electrons. The van der Waals surface area contributed by atoms with Gasteiger partial charge in [-0.25, -0.2) is 0 Å². The summed E-state index contributed by atoms with van der Waals surface area (Å²) in [5.74, 6) is 0. The number of fused-ring (bicyclic) bond motifs is 13. The molecule has 0 radical (unpaired) electrons. The minimum absolute atomic E-state index is 0.356. The fraction of sp³-hybridized carbons (Fsp3) is 0.0196. The summed E-state index contributed by atoms with van der Waals surface area (Å²) in [6.45, 7) is 0. The van der Waals surface area contributed by atoms with Crippen LogP contribution in [0.5, 0.6) is 0 Å². The molecule has 0 atom stereocenters. The van der Waals surface area contributed by atoms with E-state index in [0.29, 0.717) is 0 Å². The Kier molecular flexibility index (Phi) is 5.73. The number of hydrogen-bond donors (Lipinski definition) is 0. The lowest BCUT2D eigenvalue weighted by atomic mass is 9.70. The minimum atomic E-state index is -0.356. The lowest BCUT2D eigenvalue weighted by Crippen LogP contribution is -2.25. The molecule has 0 aromatic heterocycles. The van der Waals surface area contributed by atoms with E-state index in [1.54, 1.807) is 0 Å². The molecule has 0 saturated heterocycles. The van der Waals surface area contributed by atoms with E-state index in [-0.39, 0.29) is 5.41 Å². The first-order valence-electron chi connectivity index (χ1n) is 18.1. The SMILES string of the molecule is c1ccc2c(c1)Sc1ccc(-c3ccc(-c4ccc5c(c4)C4(c6ccccc6-c6ccccc64)c4ccccc4-5)c4ccccc34)c3cccc-2c13. The summed E-state index contributed by atoms with van der Waals surface area (Å²) in [6.07, 6.45) is 0. The summed E-state index contributed by atoms with van der Waals surface area (Å²) >= 11 is 1.89. The van der Waals surface area contributed by atoms with Gasteiger partial charge in [0.2, 0.25) is 0 Å². The number of rotatable bonds is 2. The van der Waals surface area contributed by atoms with Crippen molar-refractivity contribution in [3.05, 3.63) is 204 Å². The summed E-state index contributed by atoms with van der Waals surface area (Å²) in [4.78, 5) is 2.66. The Balaban J connectivity index is 1.08. The van der Waals surface area contributed by atoms with Crippen molar-refractivity contribution in [2.75, 3.05) is 0 Å². The molecule has 1 spiro atoms. The lowest BCUT2D eigenvalue weighted by Gasteiger charge is -2.30. The highest BCUT2D eigenvalue weighted by Gasteiger charge is 2.51. The first-order chi connectivity index (χ1) is 25.8. The van der Waals surface area contributed by atoms with Crippen LogP contribution in [0.2, 0.25) is 0 Å². The smallest absolute Gasteiger partial charge is 0.0725 e. The molecular formula is C51H30S. The van der Waals surface area contributed by atoms with Gasteiger partial charge in [-0.15, -0.1) is 0 Å². The molecule has 0 bridgehead atoms. The quantitative estimate of drug-likeness (QED) is 0.176. The Morgan fingerprint density at radius 2 is 0.769 bits per heavy atom. The molecule has 0 nitrogen and oxygen atoms in total. The van der Waals surface area contributed by atoms with Crippen LogP contribution in [-0.4, -0.2) is 0 Å². The van der Waals surface area contributed by atoms with Crippen molar-refractivity contribution in [1.82, 2.24) is 0 Å². The lowest BCUT2D eigenvalue weighted by molar-refractivity contribution is 0.794. The molecular weight excluding hydrogens is 645 g/mol. The van der Waals surface area contributed by atoms with Crippen LogP contribution in [0.4, 0.5) is 0 Å². The van der Waals surface area contributed by atoms with Crippen LogP contribution in [0, 0.1) is 0 Å². The predicted octanol–water partition coefficient (Wildman–Crippen LogP) is 13.8. The predicted molar refractivity (Wildman–Crippen MR) is 218 cm³/mol. The zero-order valence-corrected chi connectivity index (χ0v) is 29.0. The van der Waals surface area contributed by atoms with Crippen molar-refractivity contribution in [3.8, 4) is 55.6 Å². The molecule has 0 amide bonds. The molecule has 0 N–H and O–H groups in total. The Morgan fingerprint density at radius 3 is 1.48 bits per heavy atom. The van der Waals surface area contributed by atoms with Crippen molar-refractivity contribution in [2.45, 2.75) is 15.2 Å². The van der Waals surface area contributed by atoms with Gasteiger partial charge in [-0.05, 0) is 112 Å². The van der Waals surface area contributed by atoms with Crippen molar-refractivity contribution in [2.24, 2.45) is 0 Å². The summed E-state index contributed by atoms with van der Waals surface area (Å²) in [7, 11) is 0. The van der Waals surface area contributed by atoms with Gasteiger partial charge in [0, 0.05) is 15.2 Å². The van der Waals surface area contributed by atoms with Crippen LogP contribution < -0.4 is 0 Å². The first-order valence-corrected chi connectivity index (χ1v) is 18.9. The van der Waals surface area contributed by atoms with Crippen LogP contribution in [0.15, 0.2) is 192 Å². The van der Waals surface area contributed by atoms with E-state index in [9.17, 15) is 0 Å². The van der Waals surface area contributed by atoms with Crippen molar-refractivity contribution in [3.63, 3.8) is 0 Å². The van der Waals surface area contributed by atoms with Crippen molar-refractivity contribution in [1.29, 1.82) is 0 Å². The number of hydrogen-bond acceptors (Lipinski definition) is 1. The summed E-state index contributed by atoms with van der Waals surface area (Å²) in [5.41, 5.74) is 18.2. The second-order valence-corrected chi connectivity index (χ2v) is 15.4. The van der Waals surface area contributed by atoms with Gasteiger partial charge in [0.1, 0.15) is 0 Å². The molecule has 0 saturated carbocycles. The third-order valence-corrected chi connectivity index (χ3v) is 13.1. The zero-order chi connectivity index (χ0) is 34.0. The van der Waals surface area contributed by atoms with Gasteiger partial charge >= 0.3 is 0 Å². The van der Waals surface area contributed by atoms with Crippen molar-refractivity contribution < 1.29 is 0 Å². The maximum atomic E-state index is 2.51. The highest BCUT2D eigenvalue weighted by molar-refractivity contribution is 7.99. The monoisotopic (exact) mass is 674 g/mol. The molecule has 1 aliphatic heterocycles. The number of benzene rings is 9. The van der Waals surface area contributed by atoms with Gasteiger partial charge in [0.15, 0.2) is 0 Å². The maximum Gasteiger partial charge on any atom is 0.0725 e. The van der Waals surface area contributed by atoms with Crippen LogP contribution in [-0.2, 0) is 5.41 Å². The Bertz CT molecular complexity index is 2940. The molecule has 52 heavy (non-hydrogen) atoms. The van der Waals surface area contributed by atoms with E-state index in [0.717, 1.165) is 0 Å². The molecule has 0 unspecified atom stereocenters. The van der Waals surface area contributed by atoms with Gasteiger partial charge in [-0.2, -0.15) is 0 Å². The highest BCUT2D eigenvalue weighted by Crippen LogP contribution is 2.63. The third-order valence-electron chi connectivity index (χ3n) is 11.9. The second kappa shape index (κ2) is 10.4. The topological polar surface area (TPSA) is 0 Å². The van der Waals surface area contributed by atoms with E-state index in [2.05, 4.69) is 182 Å². The third kappa shape index (κ3) is 3.59. The molecule has 9 aromatic carbocycles. The Morgan fingerprint density at radius 1 is 0.288 bits per heavy atom. The summed E-state index contributed by atoms with van der Waals surface area (Å²) in [5, 5.41) is 5.22. The summed E-state index contributed by atoms with van der Waals surface area (Å²) in [6, 6.07) is 68.4. The Hall–Kier alpha value is -6.15. The first kappa shape index (κ1) is 28.5. The van der Waals surface area contributed by atoms with Gasteiger partial charge in [-0.1, -0.05) is 176 Å². The average molecular weight is 675 g/mol. The van der Waals surface area contributed by atoms with E-state index >= 15 is 0 Å². The van der Waals surface area contributed by atoms with Crippen LogP contribution in [0.3, 0.4) is 0 Å². The fourth-order valence-electron chi connectivity index (χ4n) is 9.86. The minimum Gasteiger partial charge on any atom is -0.0888 e. The fourth-order valence-corrected chi connectivity index (χ4v) is 11.0. The Labute approximate surface area is 307 Å². The maximum absolute atomic E-state index is 2.51. The molecule has 3 aliphatic rings. The standard InChI is InChI=1S/C51H30S/c1-2-13-34-33(12-1)32(26-27-35(34)36-28-29-49-50-42(36)18-11-19-43(50)41-17-6-10-23-48(41)52-49)31-24-25-40-39-16-5-9-22-46(39)51(47(40)30-31)44-20-7-3-14-37(44)38-15-4-8-21-45(38)51/h1-30H. The largest absolute Gasteiger partial charge is 0.0888 e. The van der Waals surface area contributed by atoms with Gasteiger partial charge < -0.3 is 0 Å². The van der Waals surface area contributed by atoms with Crippen LogP contribution >= 0.6 is 11.8 Å². The zero-order valence-electron chi connectivity index (χ0n) is 28.2. The van der Waals surface area contributed by atoms with Gasteiger partial charge in [0.05, 0.1) is 5.41 Å². The molecule has 1 heteroatoms. The van der Waals surface area contributed by atoms with E-state index in [1.807, 2.05) is 11.8 Å². The average Bonchev–Trinajstić information content (AvgIpc) is 3.68. The normalized spacial score (nSPS) is 13.8. The van der Waals surface area contributed by atoms with Gasteiger partial charge in [0.25, 0.3) is 0 Å². The molecule has 9 aromatic rings. The van der Waals surface area contributed by atoms with Crippen molar-refractivity contribution >= 4 is 33.3 Å². The molecule has 2 aliphatic carbocycles. The summed E-state index contributed by atoms with van der Waals surface area (Å²) < 4.78 is 0. The molecule has 0 fully saturated rings. The van der Waals surface area contributed by atoms with E-state index in [1.165, 1.54) is 109 Å². The molecule has 1 heterocycles. The van der Waals surface area contributed by atoms with E-state index < -0.39 is 0 Å². The van der Waals surface area contributed by atoms with Crippen LogP contribution in [0.1, 0.15) is 22.3 Å². The van der Waals surface area contributed by atoms with Gasteiger partial charge in [-0.3, -0.25) is 0 Å². The second-order valence-electron chi connectivity index (χ2n) is 14.3. The molecule has 12 rings (SSSR count).